The minimum absolute atomic E-state index is 0.00463. The van der Waals surface area contributed by atoms with Crippen LogP contribution in [0.5, 0.6) is 0 Å². The second-order valence-corrected chi connectivity index (χ2v) is 3.58. The molecule has 0 saturated heterocycles. The van der Waals surface area contributed by atoms with Gasteiger partial charge in [-0.2, -0.15) is 0 Å². The van der Waals surface area contributed by atoms with E-state index in [9.17, 15) is 9.59 Å². The summed E-state index contributed by atoms with van der Waals surface area (Å²) in [6.07, 6.45) is 0. The summed E-state index contributed by atoms with van der Waals surface area (Å²) in [4.78, 5) is 20.8. The third-order valence-corrected chi connectivity index (χ3v) is 1.43. The van der Waals surface area contributed by atoms with Crippen LogP contribution in [0, 0.1) is 11.8 Å². The number of ether oxygens (including phenoxy) is 2. The predicted octanol–water partition coefficient (Wildman–Crippen LogP) is 2.02. The molecule has 0 atom stereocenters. The lowest BCUT2D eigenvalue weighted by Crippen LogP contribution is -2.10. The third kappa shape index (κ3) is 10.9. The first-order valence-corrected chi connectivity index (χ1v) is 5.11. The zero-order valence-electron chi connectivity index (χ0n) is 10.5. The topological polar surface area (TPSA) is 52.6 Å². The Labute approximate surface area is 91.9 Å². The Kier molecular flexibility index (Phi) is 10.4. The fraction of sp³-hybridized carbons (Fsp3) is 0.818. The van der Waals surface area contributed by atoms with Crippen LogP contribution in [-0.2, 0) is 19.1 Å². The van der Waals surface area contributed by atoms with Gasteiger partial charge in [-0.1, -0.05) is 27.7 Å². The first-order valence-electron chi connectivity index (χ1n) is 5.11. The zero-order valence-corrected chi connectivity index (χ0v) is 10.5. The van der Waals surface area contributed by atoms with Gasteiger partial charge in [-0.25, -0.2) is 0 Å². The van der Waals surface area contributed by atoms with Gasteiger partial charge < -0.3 is 9.47 Å². The lowest BCUT2D eigenvalue weighted by atomic mass is 10.2. The van der Waals surface area contributed by atoms with E-state index in [4.69, 9.17) is 0 Å². The van der Waals surface area contributed by atoms with Crippen LogP contribution in [0.15, 0.2) is 0 Å². The van der Waals surface area contributed by atoms with Crippen LogP contribution in [0.2, 0.25) is 0 Å². The maximum absolute atomic E-state index is 10.5. The highest BCUT2D eigenvalue weighted by Gasteiger charge is 2.05. The van der Waals surface area contributed by atoms with Gasteiger partial charge in [0.25, 0.3) is 0 Å². The molecule has 0 unspecified atom stereocenters. The van der Waals surface area contributed by atoms with E-state index in [1.165, 1.54) is 7.11 Å². The first-order chi connectivity index (χ1) is 6.86. The predicted molar refractivity (Wildman–Crippen MR) is 58.3 cm³/mol. The van der Waals surface area contributed by atoms with E-state index in [1.54, 1.807) is 20.8 Å². The summed E-state index contributed by atoms with van der Waals surface area (Å²) in [5, 5.41) is 0. The number of carbonyl (C=O) groups excluding carboxylic acids is 2. The standard InChI is InChI=1S/C6H12O2.C5H10O2/c1-4-8-6(7)5(2)3;1-4(2)5(6)7-3/h5H,4H2,1-3H3;4H,1-3H3. The van der Waals surface area contributed by atoms with Crippen molar-refractivity contribution < 1.29 is 19.1 Å². The zero-order chi connectivity index (χ0) is 12.4. The van der Waals surface area contributed by atoms with Crippen LogP contribution in [0.1, 0.15) is 34.6 Å². The summed E-state index contributed by atoms with van der Waals surface area (Å²) in [5.41, 5.74) is 0. The molecule has 0 fully saturated rings. The van der Waals surface area contributed by atoms with E-state index < -0.39 is 0 Å². The summed E-state index contributed by atoms with van der Waals surface area (Å²) in [6, 6.07) is 0. The van der Waals surface area contributed by atoms with E-state index in [-0.39, 0.29) is 23.8 Å². The van der Waals surface area contributed by atoms with Gasteiger partial charge in [0.2, 0.25) is 0 Å². The van der Waals surface area contributed by atoms with E-state index in [2.05, 4.69) is 9.47 Å². The van der Waals surface area contributed by atoms with Crippen LogP contribution >= 0.6 is 0 Å². The van der Waals surface area contributed by atoms with Crippen LogP contribution in [0.25, 0.3) is 0 Å². The fourth-order valence-electron chi connectivity index (χ4n) is 0.545. The summed E-state index contributed by atoms with van der Waals surface area (Å²) >= 11 is 0. The van der Waals surface area contributed by atoms with Crippen molar-refractivity contribution >= 4 is 11.9 Å². The molecule has 0 spiro atoms. The molecule has 0 N–H and O–H groups in total. The van der Waals surface area contributed by atoms with Crippen LogP contribution < -0.4 is 0 Å². The lowest BCUT2D eigenvalue weighted by Gasteiger charge is -2.01. The van der Waals surface area contributed by atoms with Gasteiger partial charge in [0, 0.05) is 0 Å². The Hall–Kier alpha value is -1.06. The molecule has 0 bridgehead atoms. The second kappa shape index (κ2) is 9.49. The van der Waals surface area contributed by atoms with Gasteiger partial charge >= 0.3 is 11.9 Å². The molecule has 0 heterocycles. The van der Waals surface area contributed by atoms with Gasteiger partial charge in [0.1, 0.15) is 0 Å². The molecule has 4 heteroatoms. The number of carbonyl (C=O) groups is 2. The third-order valence-electron chi connectivity index (χ3n) is 1.43. The molecule has 0 aliphatic heterocycles. The summed E-state index contributed by atoms with van der Waals surface area (Å²) in [6.45, 7) is 9.52. The maximum Gasteiger partial charge on any atom is 0.308 e. The summed E-state index contributed by atoms with van der Waals surface area (Å²) in [7, 11) is 1.39. The van der Waals surface area contributed by atoms with E-state index in [0.717, 1.165) is 0 Å². The van der Waals surface area contributed by atoms with Gasteiger partial charge in [0.15, 0.2) is 0 Å². The maximum atomic E-state index is 10.5. The molecule has 0 aliphatic rings. The summed E-state index contributed by atoms with van der Waals surface area (Å²) < 4.78 is 9.04. The molecular weight excluding hydrogens is 196 g/mol. The Bertz CT molecular complexity index is 185. The number of methoxy groups -OCH3 is 1. The first kappa shape index (κ1) is 16.4. The van der Waals surface area contributed by atoms with Gasteiger partial charge in [0.05, 0.1) is 25.6 Å². The molecule has 0 saturated carbocycles. The number of hydrogen-bond donors (Lipinski definition) is 0. The minimum Gasteiger partial charge on any atom is -0.469 e. The Morgan fingerprint density at radius 3 is 1.47 bits per heavy atom. The van der Waals surface area contributed by atoms with Crippen LogP contribution in [-0.4, -0.2) is 25.7 Å². The molecule has 0 amide bonds. The average Bonchev–Trinajstić information content (AvgIpc) is 2.17. The Morgan fingerprint density at radius 1 is 1.00 bits per heavy atom. The molecule has 0 aromatic carbocycles. The quantitative estimate of drug-likeness (QED) is 0.680. The highest BCUT2D eigenvalue weighted by molar-refractivity contribution is 5.71. The lowest BCUT2D eigenvalue weighted by molar-refractivity contribution is -0.147. The number of esters is 2. The minimum atomic E-state index is -0.153. The van der Waals surface area contributed by atoms with Gasteiger partial charge in [-0.05, 0) is 6.92 Å². The fourth-order valence-corrected chi connectivity index (χ4v) is 0.545. The smallest absolute Gasteiger partial charge is 0.308 e. The molecule has 0 aliphatic carbocycles. The normalized spacial score (nSPS) is 9.33. The number of hydrogen-bond acceptors (Lipinski definition) is 4. The monoisotopic (exact) mass is 218 g/mol. The molecule has 0 rings (SSSR count). The average molecular weight is 218 g/mol. The second-order valence-electron chi connectivity index (χ2n) is 3.58. The van der Waals surface area contributed by atoms with Crippen molar-refractivity contribution in [3.05, 3.63) is 0 Å². The van der Waals surface area contributed by atoms with Crippen LogP contribution in [0.3, 0.4) is 0 Å². The molecule has 4 nitrogen and oxygen atoms in total. The van der Waals surface area contributed by atoms with E-state index in [1.807, 2.05) is 13.8 Å². The van der Waals surface area contributed by atoms with E-state index in [0.29, 0.717) is 6.61 Å². The van der Waals surface area contributed by atoms with Crippen molar-refractivity contribution in [3.63, 3.8) is 0 Å². The largest absolute Gasteiger partial charge is 0.469 e. The molecule has 0 aromatic rings. The highest BCUT2D eigenvalue weighted by atomic mass is 16.5. The van der Waals surface area contributed by atoms with Crippen molar-refractivity contribution in [2.75, 3.05) is 13.7 Å². The molecule has 15 heavy (non-hydrogen) atoms. The van der Waals surface area contributed by atoms with Crippen LogP contribution in [0.4, 0.5) is 0 Å². The number of rotatable bonds is 3. The molecule has 0 radical (unpaired) electrons. The van der Waals surface area contributed by atoms with E-state index >= 15 is 0 Å². The van der Waals surface area contributed by atoms with Crippen molar-refractivity contribution in [1.29, 1.82) is 0 Å². The SMILES string of the molecule is CCOC(=O)C(C)C.COC(=O)C(C)C. The Balaban J connectivity index is 0. The van der Waals surface area contributed by atoms with Gasteiger partial charge in [-0.3, -0.25) is 9.59 Å². The highest BCUT2D eigenvalue weighted by Crippen LogP contribution is 1.94. The van der Waals surface area contributed by atoms with Crippen molar-refractivity contribution in [2.45, 2.75) is 34.6 Å². The Morgan fingerprint density at radius 2 is 1.40 bits per heavy atom. The summed E-state index contributed by atoms with van der Waals surface area (Å²) in [5.74, 6) is -0.257. The molecular formula is C11H22O4. The van der Waals surface area contributed by atoms with Crippen molar-refractivity contribution in [1.82, 2.24) is 0 Å². The van der Waals surface area contributed by atoms with Crippen molar-refractivity contribution in [2.24, 2.45) is 11.8 Å². The molecule has 90 valence electrons. The molecule has 0 aromatic heterocycles. The van der Waals surface area contributed by atoms with Crippen molar-refractivity contribution in [3.8, 4) is 0 Å². The van der Waals surface area contributed by atoms with Gasteiger partial charge in [-0.15, -0.1) is 0 Å².